The van der Waals surface area contributed by atoms with E-state index in [9.17, 15) is 14.7 Å². The van der Waals surface area contributed by atoms with Crippen molar-refractivity contribution in [1.29, 1.82) is 0 Å². The van der Waals surface area contributed by atoms with Crippen molar-refractivity contribution in [1.82, 2.24) is 20.0 Å². The number of rotatable bonds is 5. The fourth-order valence-electron chi connectivity index (χ4n) is 2.93. The standard InChI is InChI=1S/C17H20N4O4/c1-25-11-16(23)18-8-14-10-20(9-13-5-6-19-21(13)14)17(24)12-3-2-4-15(22)7-12/h2-7,14,22H,8-11H2,1H3,(H,18,23)/t14-/m1/s1. The summed E-state index contributed by atoms with van der Waals surface area (Å²) in [6, 6.07) is 7.97. The Morgan fingerprint density at radius 3 is 3.00 bits per heavy atom. The number of carbonyl (C=O) groups is 2. The highest BCUT2D eigenvalue weighted by Crippen LogP contribution is 2.22. The first kappa shape index (κ1) is 17.0. The van der Waals surface area contributed by atoms with Crippen LogP contribution in [0.4, 0.5) is 0 Å². The number of fused-ring (bicyclic) bond motifs is 1. The van der Waals surface area contributed by atoms with Crippen LogP contribution in [0.2, 0.25) is 0 Å². The van der Waals surface area contributed by atoms with Crippen LogP contribution in [-0.2, 0) is 16.1 Å². The van der Waals surface area contributed by atoms with Crippen molar-refractivity contribution >= 4 is 11.8 Å². The average molecular weight is 344 g/mol. The summed E-state index contributed by atoms with van der Waals surface area (Å²) < 4.78 is 6.64. The molecule has 0 saturated heterocycles. The summed E-state index contributed by atoms with van der Waals surface area (Å²) in [5.74, 6) is -0.333. The third-order valence-electron chi connectivity index (χ3n) is 4.07. The Bertz CT molecular complexity index is 774. The van der Waals surface area contributed by atoms with Crippen molar-refractivity contribution in [3.05, 3.63) is 47.8 Å². The topological polar surface area (TPSA) is 96.7 Å². The number of hydrogen-bond donors (Lipinski definition) is 2. The van der Waals surface area contributed by atoms with E-state index in [0.717, 1.165) is 5.69 Å². The maximum absolute atomic E-state index is 12.7. The summed E-state index contributed by atoms with van der Waals surface area (Å²) in [4.78, 5) is 26.1. The lowest BCUT2D eigenvalue weighted by Gasteiger charge is -2.34. The lowest BCUT2D eigenvalue weighted by atomic mass is 10.1. The van der Waals surface area contributed by atoms with Gasteiger partial charge in [-0.3, -0.25) is 14.3 Å². The molecule has 0 radical (unpaired) electrons. The molecule has 0 aliphatic carbocycles. The lowest BCUT2D eigenvalue weighted by molar-refractivity contribution is -0.124. The van der Waals surface area contributed by atoms with E-state index in [2.05, 4.69) is 10.4 Å². The third-order valence-corrected chi connectivity index (χ3v) is 4.07. The smallest absolute Gasteiger partial charge is 0.254 e. The molecular formula is C17H20N4O4. The molecule has 1 aromatic carbocycles. The number of aromatic nitrogens is 2. The summed E-state index contributed by atoms with van der Waals surface area (Å²) in [6.07, 6.45) is 1.68. The van der Waals surface area contributed by atoms with Crippen LogP contribution in [0.3, 0.4) is 0 Å². The second-order valence-corrected chi connectivity index (χ2v) is 5.89. The first-order valence-corrected chi connectivity index (χ1v) is 7.95. The molecule has 25 heavy (non-hydrogen) atoms. The largest absolute Gasteiger partial charge is 0.508 e. The van der Waals surface area contributed by atoms with Gasteiger partial charge in [0.05, 0.1) is 18.3 Å². The first-order valence-electron chi connectivity index (χ1n) is 7.95. The zero-order valence-electron chi connectivity index (χ0n) is 13.9. The van der Waals surface area contributed by atoms with E-state index in [1.54, 1.807) is 23.2 Å². The minimum atomic E-state index is -0.215. The van der Waals surface area contributed by atoms with Gasteiger partial charge in [-0.05, 0) is 24.3 Å². The van der Waals surface area contributed by atoms with Crippen LogP contribution in [0.15, 0.2) is 36.5 Å². The summed E-state index contributed by atoms with van der Waals surface area (Å²) in [6.45, 7) is 1.18. The number of carbonyl (C=O) groups excluding carboxylic acids is 2. The maximum atomic E-state index is 12.7. The molecule has 1 atom stereocenters. The third kappa shape index (κ3) is 3.80. The summed E-state index contributed by atoms with van der Waals surface area (Å²) in [7, 11) is 1.46. The van der Waals surface area contributed by atoms with Crippen LogP contribution >= 0.6 is 0 Å². The van der Waals surface area contributed by atoms with Gasteiger partial charge in [0.15, 0.2) is 0 Å². The Morgan fingerprint density at radius 2 is 2.24 bits per heavy atom. The highest BCUT2D eigenvalue weighted by atomic mass is 16.5. The predicted octanol–water partition coefficient (Wildman–Crippen LogP) is 0.548. The number of nitrogens with one attached hydrogen (secondary N) is 1. The Morgan fingerprint density at radius 1 is 1.40 bits per heavy atom. The molecular weight excluding hydrogens is 324 g/mol. The van der Waals surface area contributed by atoms with E-state index in [4.69, 9.17) is 4.74 Å². The molecule has 1 aliphatic rings. The number of phenols is 1. The normalized spacial score (nSPS) is 16.4. The SMILES string of the molecule is COCC(=O)NC[C@@H]1CN(C(=O)c2cccc(O)c2)Cc2ccnn21. The Hall–Kier alpha value is -2.87. The Balaban J connectivity index is 1.75. The number of ether oxygens (including phenoxy) is 1. The molecule has 0 fully saturated rings. The van der Waals surface area contributed by atoms with Crippen molar-refractivity contribution in [2.24, 2.45) is 0 Å². The van der Waals surface area contributed by atoms with E-state index in [1.807, 2.05) is 10.7 Å². The molecule has 2 aromatic rings. The van der Waals surface area contributed by atoms with Crippen molar-refractivity contribution < 1.29 is 19.4 Å². The molecule has 2 heterocycles. The summed E-state index contributed by atoms with van der Waals surface area (Å²) >= 11 is 0. The van der Waals surface area contributed by atoms with Crippen LogP contribution in [0.25, 0.3) is 0 Å². The molecule has 2 amide bonds. The van der Waals surface area contributed by atoms with Gasteiger partial charge in [0.1, 0.15) is 12.4 Å². The molecule has 0 spiro atoms. The molecule has 2 N–H and O–H groups in total. The fraction of sp³-hybridized carbons (Fsp3) is 0.353. The van der Waals surface area contributed by atoms with E-state index < -0.39 is 0 Å². The molecule has 132 valence electrons. The zero-order chi connectivity index (χ0) is 17.8. The quantitative estimate of drug-likeness (QED) is 0.826. The van der Waals surface area contributed by atoms with E-state index in [-0.39, 0.29) is 30.2 Å². The number of benzene rings is 1. The van der Waals surface area contributed by atoms with Gasteiger partial charge in [0.25, 0.3) is 5.91 Å². The van der Waals surface area contributed by atoms with Gasteiger partial charge >= 0.3 is 0 Å². The molecule has 8 heteroatoms. The number of aromatic hydroxyl groups is 1. The molecule has 8 nitrogen and oxygen atoms in total. The van der Waals surface area contributed by atoms with Gasteiger partial charge in [-0.15, -0.1) is 0 Å². The minimum absolute atomic E-state index is 0.00930. The van der Waals surface area contributed by atoms with E-state index >= 15 is 0 Å². The molecule has 3 rings (SSSR count). The maximum Gasteiger partial charge on any atom is 0.254 e. The first-order chi connectivity index (χ1) is 12.1. The van der Waals surface area contributed by atoms with Crippen molar-refractivity contribution in [2.45, 2.75) is 12.6 Å². The van der Waals surface area contributed by atoms with Crippen LogP contribution in [0.5, 0.6) is 5.75 Å². The van der Waals surface area contributed by atoms with Crippen LogP contribution in [0, 0.1) is 0 Å². The predicted molar refractivity (Wildman–Crippen MR) is 89.0 cm³/mol. The van der Waals surface area contributed by atoms with Crippen molar-refractivity contribution in [3.8, 4) is 5.75 Å². The van der Waals surface area contributed by atoms with E-state index in [0.29, 0.717) is 25.2 Å². The molecule has 0 bridgehead atoms. The van der Waals surface area contributed by atoms with Crippen LogP contribution < -0.4 is 5.32 Å². The molecule has 1 aliphatic heterocycles. The zero-order valence-corrected chi connectivity index (χ0v) is 13.9. The number of hydrogen-bond acceptors (Lipinski definition) is 5. The van der Waals surface area contributed by atoms with Gasteiger partial charge in [-0.1, -0.05) is 6.07 Å². The summed E-state index contributed by atoms with van der Waals surface area (Å²) in [5.41, 5.74) is 1.32. The van der Waals surface area contributed by atoms with Gasteiger partial charge in [-0.25, -0.2) is 0 Å². The van der Waals surface area contributed by atoms with Gasteiger partial charge < -0.3 is 20.1 Å². The monoisotopic (exact) mass is 344 g/mol. The summed E-state index contributed by atoms with van der Waals surface area (Å²) in [5, 5.41) is 16.7. The van der Waals surface area contributed by atoms with Crippen LogP contribution in [-0.4, -0.2) is 58.4 Å². The van der Waals surface area contributed by atoms with Crippen LogP contribution in [0.1, 0.15) is 22.1 Å². The number of phenolic OH excluding ortho intramolecular Hbond substituents is 1. The van der Waals surface area contributed by atoms with Gasteiger partial charge in [0.2, 0.25) is 5.91 Å². The molecule has 0 saturated carbocycles. The lowest BCUT2D eigenvalue weighted by Crippen LogP contribution is -2.45. The van der Waals surface area contributed by atoms with Gasteiger partial charge in [0, 0.05) is 32.0 Å². The number of amides is 2. The van der Waals surface area contributed by atoms with E-state index in [1.165, 1.54) is 19.2 Å². The number of nitrogens with zero attached hydrogens (tertiary/aromatic N) is 3. The Labute approximate surface area is 145 Å². The second-order valence-electron chi connectivity index (χ2n) is 5.89. The van der Waals surface area contributed by atoms with Crippen molar-refractivity contribution in [3.63, 3.8) is 0 Å². The highest BCUT2D eigenvalue weighted by Gasteiger charge is 2.29. The Kier molecular flexibility index (Phi) is 4.99. The fourth-order valence-corrected chi connectivity index (χ4v) is 2.93. The van der Waals surface area contributed by atoms with Gasteiger partial charge in [-0.2, -0.15) is 5.10 Å². The highest BCUT2D eigenvalue weighted by molar-refractivity contribution is 5.94. The second kappa shape index (κ2) is 7.35. The number of methoxy groups -OCH3 is 1. The van der Waals surface area contributed by atoms with Crippen molar-refractivity contribution in [2.75, 3.05) is 26.8 Å². The molecule has 1 aromatic heterocycles. The molecule has 0 unspecified atom stereocenters. The average Bonchev–Trinajstić information content (AvgIpc) is 3.08. The minimum Gasteiger partial charge on any atom is -0.508 e.